The molecule has 1 saturated heterocycles. The number of amides is 1. The van der Waals surface area contributed by atoms with Crippen LogP contribution in [-0.2, 0) is 4.79 Å². The van der Waals surface area contributed by atoms with E-state index in [1.807, 2.05) is 23.1 Å². The Hall–Kier alpha value is -3.29. The van der Waals surface area contributed by atoms with Gasteiger partial charge in [-0.3, -0.25) is 14.9 Å². The fourth-order valence-corrected chi connectivity index (χ4v) is 3.98. The molecule has 30 heavy (non-hydrogen) atoms. The lowest BCUT2D eigenvalue weighted by Gasteiger charge is -2.26. The van der Waals surface area contributed by atoms with Gasteiger partial charge in [0.05, 0.1) is 29.7 Å². The zero-order valence-electron chi connectivity index (χ0n) is 16.8. The number of hydrogen-bond donors (Lipinski definition) is 0. The fraction of sp³-hybridized carbons (Fsp3) is 0.409. The second kappa shape index (κ2) is 8.61. The van der Waals surface area contributed by atoms with E-state index in [4.69, 9.17) is 14.2 Å². The van der Waals surface area contributed by atoms with E-state index in [9.17, 15) is 14.9 Å². The summed E-state index contributed by atoms with van der Waals surface area (Å²) in [6.07, 6.45) is 2.61. The van der Waals surface area contributed by atoms with E-state index in [1.165, 1.54) is 6.07 Å². The number of nitro benzene ring substituents is 1. The summed E-state index contributed by atoms with van der Waals surface area (Å²) in [5.74, 6) is 1.66. The van der Waals surface area contributed by atoms with Crippen molar-refractivity contribution in [2.45, 2.75) is 32.2 Å². The molecule has 1 fully saturated rings. The number of likely N-dealkylation sites (tertiary alicyclic amines) is 1. The van der Waals surface area contributed by atoms with Gasteiger partial charge in [-0.1, -0.05) is 12.1 Å². The van der Waals surface area contributed by atoms with Crippen molar-refractivity contribution in [2.24, 2.45) is 0 Å². The van der Waals surface area contributed by atoms with Crippen molar-refractivity contribution in [2.75, 3.05) is 26.4 Å². The van der Waals surface area contributed by atoms with Gasteiger partial charge >= 0.3 is 0 Å². The molecule has 8 heteroatoms. The van der Waals surface area contributed by atoms with Gasteiger partial charge in [0.2, 0.25) is 0 Å². The van der Waals surface area contributed by atoms with E-state index >= 15 is 0 Å². The Labute approximate surface area is 174 Å². The number of hydrogen-bond acceptors (Lipinski definition) is 6. The molecule has 0 spiro atoms. The second-order valence-corrected chi connectivity index (χ2v) is 7.45. The van der Waals surface area contributed by atoms with Crippen molar-refractivity contribution in [3.8, 4) is 17.2 Å². The van der Waals surface area contributed by atoms with Crippen LogP contribution in [0.1, 0.15) is 36.4 Å². The lowest BCUT2D eigenvalue weighted by atomic mass is 10.0. The van der Waals surface area contributed by atoms with Crippen molar-refractivity contribution in [3.05, 3.63) is 57.6 Å². The quantitative estimate of drug-likeness (QED) is 0.548. The summed E-state index contributed by atoms with van der Waals surface area (Å²) in [5, 5.41) is 11.1. The molecule has 2 heterocycles. The van der Waals surface area contributed by atoms with E-state index in [2.05, 4.69) is 0 Å². The van der Waals surface area contributed by atoms with Gasteiger partial charge in [0, 0.05) is 19.0 Å². The van der Waals surface area contributed by atoms with Crippen LogP contribution < -0.4 is 14.2 Å². The molecule has 0 N–H and O–H groups in total. The lowest BCUT2D eigenvalue weighted by Crippen LogP contribution is -2.34. The van der Waals surface area contributed by atoms with Gasteiger partial charge < -0.3 is 19.1 Å². The zero-order chi connectivity index (χ0) is 21.1. The highest BCUT2D eigenvalue weighted by Crippen LogP contribution is 2.38. The van der Waals surface area contributed by atoms with Crippen LogP contribution in [0.5, 0.6) is 17.2 Å². The van der Waals surface area contributed by atoms with Crippen LogP contribution in [0.3, 0.4) is 0 Å². The highest BCUT2D eigenvalue weighted by molar-refractivity contribution is 5.78. The van der Waals surface area contributed by atoms with E-state index < -0.39 is 4.92 Å². The van der Waals surface area contributed by atoms with Crippen molar-refractivity contribution >= 4 is 11.6 Å². The number of carbonyl (C=O) groups excluding carboxylic acids is 1. The third-order valence-electron chi connectivity index (χ3n) is 5.53. The highest BCUT2D eigenvalue weighted by Gasteiger charge is 2.31. The number of nitrogens with zero attached hydrogens (tertiary/aromatic N) is 2. The molecule has 0 radical (unpaired) electrons. The Morgan fingerprint density at radius 3 is 2.80 bits per heavy atom. The summed E-state index contributed by atoms with van der Waals surface area (Å²) >= 11 is 0. The van der Waals surface area contributed by atoms with Gasteiger partial charge in [0.15, 0.2) is 18.1 Å². The van der Waals surface area contributed by atoms with Crippen molar-refractivity contribution in [3.63, 3.8) is 0 Å². The first-order valence-corrected chi connectivity index (χ1v) is 10.1. The molecule has 158 valence electrons. The monoisotopic (exact) mass is 412 g/mol. The molecule has 4 rings (SSSR count). The van der Waals surface area contributed by atoms with E-state index in [0.717, 1.165) is 30.6 Å². The number of fused-ring (bicyclic) bond motifs is 1. The molecule has 0 bridgehead atoms. The molecule has 8 nitrogen and oxygen atoms in total. The first kappa shape index (κ1) is 20.0. The molecule has 2 aliphatic heterocycles. The molecule has 2 aromatic carbocycles. The topological polar surface area (TPSA) is 91.1 Å². The van der Waals surface area contributed by atoms with E-state index in [0.29, 0.717) is 36.8 Å². The number of benzene rings is 2. The van der Waals surface area contributed by atoms with Crippen molar-refractivity contribution < 1.29 is 23.9 Å². The van der Waals surface area contributed by atoms with Gasteiger partial charge in [-0.25, -0.2) is 0 Å². The average Bonchev–Trinajstić information content (AvgIpc) is 3.11. The average molecular weight is 412 g/mol. The smallest absolute Gasteiger partial charge is 0.276 e. The molecule has 1 unspecified atom stereocenters. The van der Waals surface area contributed by atoms with Gasteiger partial charge in [-0.05, 0) is 43.5 Å². The first-order chi connectivity index (χ1) is 14.5. The van der Waals surface area contributed by atoms with Gasteiger partial charge in [-0.2, -0.15) is 0 Å². The Balaban J connectivity index is 1.46. The molecule has 1 atom stereocenters. The van der Waals surface area contributed by atoms with Gasteiger partial charge in [-0.15, -0.1) is 0 Å². The van der Waals surface area contributed by atoms with E-state index in [1.54, 1.807) is 19.1 Å². The third-order valence-corrected chi connectivity index (χ3v) is 5.53. The number of nitro groups is 1. The summed E-state index contributed by atoms with van der Waals surface area (Å²) in [6.45, 7) is 3.35. The summed E-state index contributed by atoms with van der Waals surface area (Å²) in [5.41, 5.74) is 1.40. The molecule has 2 aromatic rings. The lowest BCUT2D eigenvalue weighted by molar-refractivity contribution is -0.385. The molecular weight excluding hydrogens is 388 g/mol. The van der Waals surface area contributed by atoms with Crippen LogP contribution in [0.15, 0.2) is 36.4 Å². The minimum absolute atomic E-state index is 0.0220. The largest absolute Gasteiger partial charge is 0.490 e. The Bertz CT molecular complexity index is 961. The normalized spacial score (nSPS) is 18.0. The maximum Gasteiger partial charge on any atom is 0.276 e. The fourth-order valence-electron chi connectivity index (χ4n) is 3.98. The molecule has 0 saturated carbocycles. The van der Waals surface area contributed by atoms with Crippen LogP contribution in [0.4, 0.5) is 5.69 Å². The predicted molar refractivity (Wildman–Crippen MR) is 109 cm³/mol. The summed E-state index contributed by atoms with van der Waals surface area (Å²) in [4.78, 5) is 25.3. The van der Waals surface area contributed by atoms with Crippen LogP contribution in [0.25, 0.3) is 0 Å². The van der Waals surface area contributed by atoms with Crippen LogP contribution >= 0.6 is 0 Å². The summed E-state index contributed by atoms with van der Waals surface area (Å²) < 4.78 is 17.1. The minimum Gasteiger partial charge on any atom is -0.490 e. The van der Waals surface area contributed by atoms with Crippen molar-refractivity contribution in [1.29, 1.82) is 0 Å². The summed E-state index contributed by atoms with van der Waals surface area (Å²) in [7, 11) is 0. The minimum atomic E-state index is -0.454. The predicted octanol–water partition coefficient (Wildman–Crippen LogP) is 3.81. The molecule has 0 aliphatic carbocycles. The van der Waals surface area contributed by atoms with Crippen molar-refractivity contribution in [1.82, 2.24) is 4.90 Å². The molecule has 0 aromatic heterocycles. The summed E-state index contributed by atoms with van der Waals surface area (Å²) in [6, 6.07) is 10.4. The maximum absolute atomic E-state index is 12.9. The van der Waals surface area contributed by atoms with Crippen LogP contribution in [0, 0.1) is 17.0 Å². The molecule has 1 amide bonds. The molecule has 2 aliphatic rings. The number of carbonyl (C=O) groups is 1. The Morgan fingerprint density at radius 1 is 1.20 bits per heavy atom. The Kier molecular flexibility index (Phi) is 5.74. The maximum atomic E-state index is 12.9. The SMILES string of the molecule is Cc1c(OCC(=O)N2CCCC2c2ccc3c(c2)OCCCO3)cccc1[N+](=O)[O-]. The number of rotatable bonds is 5. The zero-order valence-corrected chi connectivity index (χ0v) is 16.8. The second-order valence-electron chi connectivity index (χ2n) is 7.45. The standard InChI is InChI=1S/C22H24N2O6/c1-15-17(24(26)27)5-2-7-19(15)30-14-22(25)23-10-3-6-18(23)16-8-9-20-21(13-16)29-12-4-11-28-20/h2,5,7-9,13,18H,3-4,6,10-12,14H2,1H3. The van der Waals surface area contributed by atoms with Gasteiger partial charge in [0.25, 0.3) is 11.6 Å². The van der Waals surface area contributed by atoms with E-state index in [-0.39, 0.29) is 24.2 Å². The third kappa shape index (κ3) is 4.03. The van der Waals surface area contributed by atoms with Crippen LogP contribution in [-0.4, -0.2) is 42.1 Å². The first-order valence-electron chi connectivity index (χ1n) is 10.1. The number of ether oxygens (including phenoxy) is 3. The Morgan fingerprint density at radius 2 is 2.00 bits per heavy atom. The molecular formula is C22H24N2O6. The van der Waals surface area contributed by atoms with Gasteiger partial charge in [0.1, 0.15) is 5.75 Å². The van der Waals surface area contributed by atoms with Crippen LogP contribution in [0.2, 0.25) is 0 Å². The highest BCUT2D eigenvalue weighted by atomic mass is 16.6.